The minimum atomic E-state index is 0.240. The van der Waals surface area contributed by atoms with E-state index in [1.165, 1.54) is 0 Å². The van der Waals surface area contributed by atoms with Crippen molar-refractivity contribution < 1.29 is 14.3 Å². The van der Waals surface area contributed by atoms with E-state index in [-0.39, 0.29) is 5.78 Å². The van der Waals surface area contributed by atoms with Crippen LogP contribution in [0.3, 0.4) is 0 Å². The number of aryl methyl sites for hydroxylation is 1. The molecule has 0 saturated heterocycles. The number of methoxy groups -OCH3 is 2. The highest BCUT2D eigenvalue weighted by Crippen LogP contribution is 2.33. The molecule has 0 aliphatic carbocycles. The lowest BCUT2D eigenvalue weighted by Crippen LogP contribution is -2.07. The number of aromatic nitrogens is 4. The Labute approximate surface area is 157 Å². The molecule has 0 saturated carbocycles. The molecule has 1 N–H and O–H groups in total. The number of rotatable bonds is 9. The first-order valence-corrected chi connectivity index (χ1v) is 9.06. The van der Waals surface area contributed by atoms with Crippen LogP contribution in [0.4, 0.5) is 5.82 Å². The minimum absolute atomic E-state index is 0.240. The molecular weight excluding hydrogens is 346 g/mol. The number of hydrogen-bond acceptors (Lipinski definition) is 7. The Kier molecular flexibility index (Phi) is 5.73. The number of fused-ring (bicyclic) bond motifs is 3. The average Bonchev–Trinajstić information content (AvgIpc) is 3.05. The molecule has 2 aromatic heterocycles. The summed E-state index contributed by atoms with van der Waals surface area (Å²) in [5.74, 6) is 2.95. The first-order valence-electron chi connectivity index (χ1n) is 9.06. The number of hydrogen-bond donors (Lipinski definition) is 1. The number of carbonyl (C=O) groups is 1. The molecule has 27 heavy (non-hydrogen) atoms. The van der Waals surface area contributed by atoms with Crippen molar-refractivity contribution >= 4 is 28.3 Å². The number of nitrogens with zero attached hydrogens (tertiary/aromatic N) is 4. The summed E-state index contributed by atoms with van der Waals surface area (Å²) in [6.07, 6.45) is 3.51. The van der Waals surface area contributed by atoms with Crippen LogP contribution in [0.1, 0.15) is 38.4 Å². The summed E-state index contributed by atoms with van der Waals surface area (Å²) in [5.41, 5.74) is 2.30. The molecule has 8 nitrogen and oxygen atoms in total. The van der Waals surface area contributed by atoms with Crippen LogP contribution >= 0.6 is 0 Å². The molecule has 3 rings (SSSR count). The normalized spacial score (nSPS) is 11.1. The van der Waals surface area contributed by atoms with Crippen molar-refractivity contribution in [3.8, 4) is 11.5 Å². The van der Waals surface area contributed by atoms with Crippen molar-refractivity contribution in [3.05, 3.63) is 18.0 Å². The van der Waals surface area contributed by atoms with Gasteiger partial charge in [-0.1, -0.05) is 6.42 Å². The lowest BCUT2D eigenvalue weighted by molar-refractivity contribution is -0.117. The standard InChI is InChI=1S/C19H25N5O3/c1-12(25)8-6-5-7-9-20-18-19-23-22-13(2)24(19)15-11-17(27-4)16(26-3)10-14(15)21-18/h10-11H,5-9H2,1-4H3,(H,20,21). The fraction of sp³-hybridized carbons (Fsp3) is 0.474. The molecule has 0 bridgehead atoms. The summed E-state index contributed by atoms with van der Waals surface area (Å²) < 4.78 is 12.8. The molecule has 0 spiro atoms. The molecule has 1 aromatic carbocycles. The maximum atomic E-state index is 11.0. The van der Waals surface area contributed by atoms with Crippen LogP contribution in [-0.4, -0.2) is 46.1 Å². The molecule has 8 heteroatoms. The van der Waals surface area contributed by atoms with E-state index in [0.29, 0.717) is 29.4 Å². The van der Waals surface area contributed by atoms with Crippen LogP contribution in [0, 0.1) is 6.92 Å². The molecule has 0 aliphatic rings. The molecule has 0 amide bonds. The number of Topliss-reactive ketones (excluding diaryl/α,β-unsaturated/α-hetero) is 1. The van der Waals surface area contributed by atoms with Crippen LogP contribution in [0.2, 0.25) is 0 Å². The van der Waals surface area contributed by atoms with Crippen LogP contribution in [0.15, 0.2) is 12.1 Å². The molecule has 0 aliphatic heterocycles. The molecule has 0 atom stereocenters. The molecular formula is C19H25N5O3. The lowest BCUT2D eigenvalue weighted by atomic mass is 10.1. The van der Waals surface area contributed by atoms with E-state index in [1.54, 1.807) is 21.1 Å². The second kappa shape index (κ2) is 8.20. The zero-order valence-electron chi connectivity index (χ0n) is 16.2. The molecule has 2 heterocycles. The SMILES string of the molecule is COc1cc2nc(NCCCCCC(C)=O)c3nnc(C)n3c2cc1OC. The zero-order valence-corrected chi connectivity index (χ0v) is 16.2. The fourth-order valence-corrected chi connectivity index (χ4v) is 3.10. The van der Waals surface area contributed by atoms with E-state index in [2.05, 4.69) is 15.5 Å². The van der Waals surface area contributed by atoms with Gasteiger partial charge in [0.25, 0.3) is 0 Å². The Morgan fingerprint density at radius 2 is 1.85 bits per heavy atom. The van der Waals surface area contributed by atoms with E-state index < -0.39 is 0 Å². The predicted octanol–water partition coefficient (Wildman–Crippen LogP) is 3.16. The van der Waals surface area contributed by atoms with Gasteiger partial charge in [-0.25, -0.2) is 4.98 Å². The van der Waals surface area contributed by atoms with E-state index >= 15 is 0 Å². The Morgan fingerprint density at radius 3 is 2.56 bits per heavy atom. The van der Waals surface area contributed by atoms with E-state index in [1.807, 2.05) is 23.5 Å². The van der Waals surface area contributed by atoms with Gasteiger partial charge >= 0.3 is 0 Å². The smallest absolute Gasteiger partial charge is 0.204 e. The monoisotopic (exact) mass is 371 g/mol. The van der Waals surface area contributed by atoms with Crippen molar-refractivity contribution in [1.82, 2.24) is 19.6 Å². The largest absolute Gasteiger partial charge is 0.493 e. The number of ether oxygens (including phenoxy) is 2. The summed E-state index contributed by atoms with van der Waals surface area (Å²) in [7, 11) is 3.21. The van der Waals surface area contributed by atoms with E-state index in [9.17, 15) is 4.79 Å². The van der Waals surface area contributed by atoms with Gasteiger partial charge in [-0.05, 0) is 26.7 Å². The third kappa shape index (κ3) is 3.94. The Balaban J connectivity index is 1.89. The number of nitrogens with one attached hydrogen (secondary N) is 1. The van der Waals surface area contributed by atoms with E-state index in [4.69, 9.17) is 14.5 Å². The van der Waals surface area contributed by atoms with Gasteiger partial charge in [0.15, 0.2) is 17.3 Å². The van der Waals surface area contributed by atoms with Gasteiger partial charge in [-0.3, -0.25) is 4.40 Å². The maximum Gasteiger partial charge on any atom is 0.204 e. The number of anilines is 1. The topological polar surface area (TPSA) is 90.6 Å². The summed E-state index contributed by atoms with van der Waals surface area (Å²) in [5, 5.41) is 11.8. The van der Waals surface area contributed by atoms with Crippen molar-refractivity contribution in [2.75, 3.05) is 26.1 Å². The number of benzene rings is 1. The number of carbonyl (C=O) groups excluding carboxylic acids is 1. The third-order valence-corrected chi connectivity index (χ3v) is 4.49. The first kappa shape index (κ1) is 18.9. The van der Waals surface area contributed by atoms with Gasteiger partial charge < -0.3 is 19.6 Å². The summed E-state index contributed by atoms with van der Waals surface area (Å²) >= 11 is 0. The fourth-order valence-electron chi connectivity index (χ4n) is 3.10. The summed E-state index contributed by atoms with van der Waals surface area (Å²) in [4.78, 5) is 15.7. The lowest BCUT2D eigenvalue weighted by Gasteiger charge is -2.13. The Bertz CT molecular complexity index is 967. The predicted molar refractivity (Wildman–Crippen MR) is 104 cm³/mol. The highest BCUT2D eigenvalue weighted by molar-refractivity contribution is 5.85. The number of ketones is 1. The van der Waals surface area contributed by atoms with Crippen molar-refractivity contribution in [3.63, 3.8) is 0 Å². The van der Waals surface area contributed by atoms with Crippen LogP contribution in [0.5, 0.6) is 11.5 Å². The van der Waals surface area contributed by atoms with Crippen LogP contribution in [0.25, 0.3) is 16.7 Å². The summed E-state index contributed by atoms with van der Waals surface area (Å²) in [6, 6.07) is 3.74. The molecule has 0 radical (unpaired) electrons. The molecule has 3 aromatic rings. The van der Waals surface area contributed by atoms with Crippen LogP contribution in [-0.2, 0) is 4.79 Å². The van der Waals surface area contributed by atoms with Crippen molar-refractivity contribution in [2.24, 2.45) is 0 Å². The van der Waals surface area contributed by atoms with Crippen molar-refractivity contribution in [2.45, 2.75) is 39.5 Å². The quantitative estimate of drug-likeness (QED) is 0.578. The van der Waals surface area contributed by atoms with Gasteiger partial charge in [0, 0.05) is 25.1 Å². The van der Waals surface area contributed by atoms with Gasteiger partial charge in [-0.15, -0.1) is 10.2 Å². The Hall–Kier alpha value is -2.90. The molecule has 0 unspecified atom stereocenters. The Morgan fingerprint density at radius 1 is 1.11 bits per heavy atom. The molecule has 0 fully saturated rings. The third-order valence-electron chi connectivity index (χ3n) is 4.49. The van der Waals surface area contributed by atoms with Crippen LogP contribution < -0.4 is 14.8 Å². The summed E-state index contributed by atoms with van der Waals surface area (Å²) in [6.45, 7) is 4.29. The highest BCUT2D eigenvalue weighted by Gasteiger charge is 2.16. The second-order valence-electron chi connectivity index (χ2n) is 6.50. The maximum absolute atomic E-state index is 11.0. The van der Waals surface area contributed by atoms with Gasteiger partial charge in [-0.2, -0.15) is 0 Å². The van der Waals surface area contributed by atoms with Gasteiger partial charge in [0.2, 0.25) is 5.65 Å². The molecule has 144 valence electrons. The van der Waals surface area contributed by atoms with Crippen molar-refractivity contribution in [1.29, 1.82) is 0 Å². The van der Waals surface area contributed by atoms with Gasteiger partial charge in [0.1, 0.15) is 11.6 Å². The minimum Gasteiger partial charge on any atom is -0.493 e. The first-order chi connectivity index (χ1) is 13.0. The zero-order chi connectivity index (χ0) is 19.4. The van der Waals surface area contributed by atoms with E-state index in [0.717, 1.165) is 42.7 Å². The number of unbranched alkanes of at least 4 members (excludes halogenated alkanes) is 2. The van der Waals surface area contributed by atoms with Gasteiger partial charge in [0.05, 0.1) is 25.3 Å². The average molecular weight is 371 g/mol. The second-order valence-corrected chi connectivity index (χ2v) is 6.50. The highest BCUT2D eigenvalue weighted by atomic mass is 16.5.